The van der Waals surface area contributed by atoms with Crippen molar-refractivity contribution in [1.29, 1.82) is 0 Å². The van der Waals surface area contributed by atoms with Crippen molar-refractivity contribution in [2.24, 2.45) is 11.1 Å². The highest BCUT2D eigenvalue weighted by atomic mass is 16.5. The first-order valence-electron chi connectivity index (χ1n) is 7.37. The summed E-state index contributed by atoms with van der Waals surface area (Å²) in [5.74, 6) is 0.779. The molecule has 21 heavy (non-hydrogen) atoms. The van der Waals surface area contributed by atoms with Crippen LogP contribution in [-0.2, 0) is 4.79 Å². The summed E-state index contributed by atoms with van der Waals surface area (Å²) in [7, 11) is 1.64. The number of methoxy groups -OCH3 is 1. The quantitative estimate of drug-likeness (QED) is 0.847. The highest BCUT2D eigenvalue weighted by Crippen LogP contribution is 2.30. The van der Waals surface area contributed by atoms with E-state index in [9.17, 15) is 4.79 Å². The Morgan fingerprint density at radius 3 is 2.14 bits per heavy atom. The van der Waals surface area contributed by atoms with E-state index in [1.165, 1.54) is 0 Å². The van der Waals surface area contributed by atoms with Gasteiger partial charge in [-0.2, -0.15) is 0 Å². The Bertz CT molecular complexity index is 473. The van der Waals surface area contributed by atoms with Crippen LogP contribution in [0.15, 0.2) is 24.3 Å². The first-order chi connectivity index (χ1) is 9.63. The molecule has 1 rings (SSSR count). The van der Waals surface area contributed by atoms with Crippen molar-refractivity contribution >= 4 is 5.91 Å². The molecule has 0 radical (unpaired) electrons. The molecule has 4 heteroatoms. The molecule has 3 N–H and O–H groups in total. The molecule has 1 aromatic carbocycles. The number of carbonyl (C=O) groups is 1. The van der Waals surface area contributed by atoms with Gasteiger partial charge in [-0.05, 0) is 51.8 Å². The van der Waals surface area contributed by atoms with Crippen LogP contribution < -0.4 is 15.8 Å². The summed E-state index contributed by atoms with van der Waals surface area (Å²) < 4.78 is 5.16. The Labute approximate surface area is 128 Å². The van der Waals surface area contributed by atoms with Crippen molar-refractivity contribution in [2.45, 2.75) is 52.6 Å². The Balaban J connectivity index is 2.89. The maximum absolute atomic E-state index is 12.6. The molecule has 1 atom stereocenters. The second kappa shape index (κ2) is 6.48. The van der Waals surface area contributed by atoms with Crippen LogP contribution in [0.25, 0.3) is 0 Å². The number of ether oxygens (including phenoxy) is 1. The zero-order valence-electron chi connectivity index (χ0n) is 14.0. The van der Waals surface area contributed by atoms with Crippen LogP contribution in [0.3, 0.4) is 0 Å². The maximum atomic E-state index is 12.6. The molecule has 0 saturated carbocycles. The molecule has 0 saturated heterocycles. The molecule has 1 aromatic rings. The van der Waals surface area contributed by atoms with E-state index in [1.54, 1.807) is 7.11 Å². The Morgan fingerprint density at radius 2 is 1.76 bits per heavy atom. The third-order valence-corrected chi connectivity index (χ3v) is 4.41. The van der Waals surface area contributed by atoms with Crippen molar-refractivity contribution in [2.75, 3.05) is 7.11 Å². The number of hydrogen-bond donors (Lipinski definition) is 2. The van der Waals surface area contributed by atoms with Gasteiger partial charge < -0.3 is 15.8 Å². The standard InChI is InChI=1S/C17H28N2O2/c1-7-14(12-8-10-13(21-6)11-9-12)19-15(20)16(2,3)17(4,5)18/h8-11,14H,7,18H2,1-6H3,(H,19,20). The lowest BCUT2D eigenvalue weighted by Crippen LogP contribution is -2.55. The summed E-state index contributed by atoms with van der Waals surface area (Å²) >= 11 is 0. The van der Waals surface area contributed by atoms with E-state index in [-0.39, 0.29) is 11.9 Å². The van der Waals surface area contributed by atoms with Gasteiger partial charge in [0.05, 0.1) is 18.6 Å². The van der Waals surface area contributed by atoms with Gasteiger partial charge in [0.2, 0.25) is 5.91 Å². The SMILES string of the molecule is CCC(NC(=O)C(C)(C)C(C)(C)N)c1ccc(OC)cc1. The second-order valence-corrected chi connectivity index (χ2v) is 6.55. The molecule has 0 fully saturated rings. The molecule has 118 valence electrons. The van der Waals surface area contributed by atoms with Crippen LogP contribution in [-0.4, -0.2) is 18.6 Å². The summed E-state index contributed by atoms with van der Waals surface area (Å²) in [5.41, 5.74) is 5.96. The number of nitrogens with one attached hydrogen (secondary N) is 1. The summed E-state index contributed by atoms with van der Waals surface area (Å²) in [4.78, 5) is 12.6. The van der Waals surface area contributed by atoms with Crippen molar-refractivity contribution in [3.05, 3.63) is 29.8 Å². The predicted octanol–water partition coefficient (Wildman–Crippen LogP) is 3.03. The molecule has 0 aromatic heterocycles. The minimum Gasteiger partial charge on any atom is -0.497 e. The molecule has 0 spiro atoms. The Morgan fingerprint density at radius 1 is 1.24 bits per heavy atom. The topological polar surface area (TPSA) is 64.4 Å². The molecular formula is C17H28N2O2. The zero-order valence-corrected chi connectivity index (χ0v) is 14.0. The van der Waals surface area contributed by atoms with Crippen LogP contribution >= 0.6 is 0 Å². The van der Waals surface area contributed by atoms with Crippen LogP contribution in [0.5, 0.6) is 5.75 Å². The molecule has 0 aliphatic rings. The van der Waals surface area contributed by atoms with E-state index >= 15 is 0 Å². The van der Waals surface area contributed by atoms with Gasteiger partial charge in [0, 0.05) is 5.54 Å². The lowest BCUT2D eigenvalue weighted by atomic mass is 9.74. The predicted molar refractivity (Wildman–Crippen MR) is 86.2 cm³/mol. The maximum Gasteiger partial charge on any atom is 0.227 e. The van der Waals surface area contributed by atoms with Crippen LogP contribution in [0, 0.1) is 5.41 Å². The molecule has 0 bridgehead atoms. The monoisotopic (exact) mass is 292 g/mol. The van der Waals surface area contributed by atoms with Crippen LogP contribution in [0.1, 0.15) is 52.6 Å². The average molecular weight is 292 g/mol. The number of amides is 1. The molecule has 1 unspecified atom stereocenters. The summed E-state index contributed by atoms with van der Waals surface area (Å²) in [6.45, 7) is 9.56. The average Bonchev–Trinajstić information content (AvgIpc) is 2.43. The summed E-state index contributed by atoms with van der Waals surface area (Å²) in [6, 6.07) is 7.75. The smallest absolute Gasteiger partial charge is 0.227 e. The normalized spacial score (nSPS) is 13.7. The third-order valence-electron chi connectivity index (χ3n) is 4.41. The van der Waals surface area contributed by atoms with Gasteiger partial charge in [0.25, 0.3) is 0 Å². The first kappa shape index (κ1) is 17.5. The van der Waals surface area contributed by atoms with Crippen LogP contribution in [0.2, 0.25) is 0 Å². The van der Waals surface area contributed by atoms with Gasteiger partial charge in [-0.15, -0.1) is 0 Å². The minimum absolute atomic E-state index is 0.0231. The van der Waals surface area contributed by atoms with Crippen molar-refractivity contribution in [1.82, 2.24) is 5.32 Å². The lowest BCUT2D eigenvalue weighted by Gasteiger charge is -2.38. The largest absolute Gasteiger partial charge is 0.497 e. The van der Waals surface area contributed by atoms with Crippen molar-refractivity contribution in [3.63, 3.8) is 0 Å². The molecule has 0 aliphatic heterocycles. The fraction of sp³-hybridized carbons (Fsp3) is 0.588. The number of rotatable bonds is 6. The van der Waals surface area contributed by atoms with E-state index in [0.29, 0.717) is 0 Å². The molecular weight excluding hydrogens is 264 g/mol. The van der Waals surface area contributed by atoms with E-state index in [4.69, 9.17) is 10.5 Å². The van der Waals surface area contributed by atoms with E-state index in [1.807, 2.05) is 52.0 Å². The summed E-state index contributed by atoms with van der Waals surface area (Å²) in [6.07, 6.45) is 0.819. The van der Waals surface area contributed by atoms with E-state index in [0.717, 1.165) is 17.7 Å². The molecule has 0 aliphatic carbocycles. The molecule has 4 nitrogen and oxygen atoms in total. The van der Waals surface area contributed by atoms with Crippen molar-refractivity contribution in [3.8, 4) is 5.75 Å². The fourth-order valence-electron chi connectivity index (χ4n) is 1.89. The van der Waals surface area contributed by atoms with Gasteiger partial charge in [0.1, 0.15) is 5.75 Å². The van der Waals surface area contributed by atoms with Gasteiger partial charge in [-0.1, -0.05) is 19.1 Å². The van der Waals surface area contributed by atoms with Gasteiger partial charge in [0.15, 0.2) is 0 Å². The lowest BCUT2D eigenvalue weighted by molar-refractivity contribution is -0.133. The number of carbonyl (C=O) groups excluding carboxylic acids is 1. The second-order valence-electron chi connectivity index (χ2n) is 6.55. The van der Waals surface area contributed by atoms with Crippen LogP contribution in [0.4, 0.5) is 0 Å². The number of nitrogens with two attached hydrogens (primary N) is 1. The van der Waals surface area contributed by atoms with Gasteiger partial charge in [-0.25, -0.2) is 0 Å². The highest BCUT2D eigenvalue weighted by molar-refractivity contribution is 5.83. The fourth-order valence-corrected chi connectivity index (χ4v) is 1.89. The zero-order chi connectivity index (χ0) is 16.3. The highest BCUT2D eigenvalue weighted by Gasteiger charge is 2.40. The van der Waals surface area contributed by atoms with Gasteiger partial charge in [-0.3, -0.25) is 4.79 Å². The first-order valence-corrected chi connectivity index (χ1v) is 7.37. The molecule has 1 amide bonds. The Kier molecular flexibility index (Phi) is 5.40. The third kappa shape index (κ3) is 3.97. The Hall–Kier alpha value is -1.55. The molecule has 0 heterocycles. The van der Waals surface area contributed by atoms with Crippen molar-refractivity contribution < 1.29 is 9.53 Å². The van der Waals surface area contributed by atoms with E-state index < -0.39 is 11.0 Å². The van der Waals surface area contributed by atoms with E-state index in [2.05, 4.69) is 12.2 Å². The number of hydrogen-bond acceptors (Lipinski definition) is 3. The minimum atomic E-state index is -0.646. The van der Waals surface area contributed by atoms with Gasteiger partial charge >= 0.3 is 0 Å². The summed E-state index contributed by atoms with van der Waals surface area (Å²) in [5, 5.41) is 3.11. The number of benzene rings is 1.